The van der Waals surface area contributed by atoms with Crippen molar-refractivity contribution < 1.29 is 51.8 Å². The second-order valence-corrected chi connectivity index (χ2v) is 10.7. The molecular formula is C13H34O11Si2. The quantitative estimate of drug-likeness (QED) is 0.329. The first-order valence-electron chi connectivity index (χ1n) is 7.67. The lowest BCUT2D eigenvalue weighted by Crippen LogP contribution is -2.42. The van der Waals surface area contributed by atoms with Gasteiger partial charge >= 0.3 is 23.8 Å². The van der Waals surface area contributed by atoms with Crippen molar-refractivity contribution in [2.24, 2.45) is 0 Å². The maximum Gasteiger partial charge on any atom is 0.503 e. The van der Waals surface area contributed by atoms with Crippen molar-refractivity contribution in [3.63, 3.8) is 0 Å². The average Bonchev–Trinajstić information content (AvgIpc) is 2.65. The van der Waals surface area contributed by atoms with Crippen molar-refractivity contribution in [2.45, 2.75) is 24.9 Å². The molecule has 0 spiro atoms. The minimum atomic E-state index is -2.40. The molecule has 4 N–H and O–H groups in total. The molecule has 0 unspecified atom stereocenters. The van der Waals surface area contributed by atoms with Gasteiger partial charge in [0, 0.05) is 68.0 Å². The summed E-state index contributed by atoms with van der Waals surface area (Å²) < 4.78 is 30.7. The molecular weight excluding hydrogens is 388 g/mol. The molecule has 0 bridgehead atoms. The Balaban J connectivity index is -0.000000338. The van der Waals surface area contributed by atoms with Gasteiger partial charge in [-0.05, 0) is 12.8 Å². The van der Waals surface area contributed by atoms with E-state index in [1.54, 1.807) is 42.7 Å². The van der Waals surface area contributed by atoms with Gasteiger partial charge < -0.3 is 47.0 Å². The second-order valence-electron chi connectivity index (χ2n) is 4.53. The Hall–Kier alpha value is -0.616. The minimum absolute atomic E-state index is 0.144. The fraction of sp³-hybridized carbons (Fsp3) is 0.923. The van der Waals surface area contributed by atoms with E-state index in [1.807, 2.05) is 0 Å². The van der Waals surface area contributed by atoms with Crippen LogP contribution in [0.5, 0.6) is 0 Å². The molecule has 0 heterocycles. The Morgan fingerprint density at radius 2 is 0.846 bits per heavy atom. The zero-order valence-electron chi connectivity index (χ0n) is 16.4. The zero-order chi connectivity index (χ0) is 21.1. The van der Waals surface area contributed by atoms with Crippen LogP contribution in [0.1, 0.15) is 12.8 Å². The van der Waals surface area contributed by atoms with Crippen molar-refractivity contribution in [2.75, 3.05) is 55.9 Å². The number of hydrogen-bond donors (Lipinski definition) is 4. The highest BCUT2D eigenvalue weighted by atomic mass is 28.4. The van der Waals surface area contributed by atoms with Gasteiger partial charge in [-0.25, -0.2) is 4.79 Å². The molecule has 0 saturated carbocycles. The van der Waals surface area contributed by atoms with Crippen LogP contribution in [0, 0.1) is 0 Å². The predicted octanol–water partition coefficient (Wildman–Crippen LogP) is 0.716. The van der Waals surface area contributed by atoms with E-state index in [-0.39, 0.29) is 13.2 Å². The molecule has 160 valence electrons. The topological polar surface area (TPSA) is 153 Å². The summed E-state index contributed by atoms with van der Waals surface area (Å²) in [6.07, 6.45) is -0.524. The van der Waals surface area contributed by atoms with Crippen LogP contribution in [0.25, 0.3) is 0 Å². The molecule has 0 amide bonds. The van der Waals surface area contributed by atoms with Crippen molar-refractivity contribution >= 4 is 23.8 Å². The molecule has 13 heteroatoms. The molecule has 0 rings (SSSR count). The summed E-state index contributed by atoms with van der Waals surface area (Å²) in [5.41, 5.74) is 0. The summed E-state index contributed by atoms with van der Waals surface area (Å²) >= 11 is 0. The van der Waals surface area contributed by atoms with Crippen LogP contribution in [0.2, 0.25) is 12.1 Å². The monoisotopic (exact) mass is 422 g/mol. The number of hydrogen-bond acceptors (Lipinski definition) is 9. The van der Waals surface area contributed by atoms with E-state index in [0.29, 0.717) is 24.9 Å². The molecule has 0 aromatic rings. The van der Waals surface area contributed by atoms with Gasteiger partial charge in [0.25, 0.3) is 0 Å². The van der Waals surface area contributed by atoms with Crippen LogP contribution in [-0.4, -0.2) is 100 Å². The molecule has 0 radical (unpaired) electrons. The Morgan fingerprint density at radius 3 is 0.962 bits per heavy atom. The highest BCUT2D eigenvalue weighted by molar-refractivity contribution is 6.60. The molecule has 11 nitrogen and oxygen atoms in total. The van der Waals surface area contributed by atoms with Gasteiger partial charge in [-0.1, -0.05) is 0 Å². The van der Waals surface area contributed by atoms with Crippen molar-refractivity contribution in [1.82, 2.24) is 0 Å². The van der Waals surface area contributed by atoms with E-state index in [0.717, 1.165) is 0 Å². The normalized spacial score (nSPS) is 11.1. The Bertz CT molecular complexity index is 268. The number of aliphatic hydroxyl groups excluding tert-OH is 2. The van der Waals surface area contributed by atoms with Gasteiger partial charge in [0.15, 0.2) is 0 Å². The van der Waals surface area contributed by atoms with Crippen molar-refractivity contribution in [3.8, 4) is 0 Å². The van der Waals surface area contributed by atoms with E-state index in [9.17, 15) is 0 Å². The van der Waals surface area contributed by atoms with Crippen LogP contribution in [0.4, 0.5) is 4.79 Å². The van der Waals surface area contributed by atoms with Gasteiger partial charge in [-0.2, -0.15) is 0 Å². The van der Waals surface area contributed by atoms with E-state index in [4.69, 9.17) is 51.8 Å². The van der Waals surface area contributed by atoms with Gasteiger partial charge in [0.05, 0.1) is 0 Å². The zero-order valence-corrected chi connectivity index (χ0v) is 18.4. The van der Waals surface area contributed by atoms with E-state index in [2.05, 4.69) is 0 Å². The lowest BCUT2D eigenvalue weighted by atomic mass is 10.5. The second kappa shape index (κ2) is 19.2. The molecule has 0 saturated heterocycles. The summed E-state index contributed by atoms with van der Waals surface area (Å²) in [5.74, 6) is 0. The van der Waals surface area contributed by atoms with Crippen LogP contribution >= 0.6 is 0 Å². The third-order valence-corrected chi connectivity index (χ3v) is 8.81. The maximum atomic E-state index is 8.57. The maximum absolute atomic E-state index is 8.57. The first kappa shape index (κ1) is 30.1. The lowest BCUT2D eigenvalue weighted by molar-refractivity contribution is 0.120. The molecule has 26 heavy (non-hydrogen) atoms. The number of rotatable bonds is 12. The molecule has 0 aliphatic carbocycles. The number of carboxylic acid groups (broad SMARTS) is 2. The van der Waals surface area contributed by atoms with Crippen molar-refractivity contribution in [1.29, 1.82) is 0 Å². The first-order valence-corrected chi connectivity index (χ1v) is 11.5. The third-order valence-electron chi connectivity index (χ3n) is 3.15. The Kier molecular flexibility index (Phi) is 22.2. The van der Waals surface area contributed by atoms with Crippen LogP contribution in [0.15, 0.2) is 0 Å². The smallest absolute Gasteiger partial charge is 0.450 e. The Morgan fingerprint density at radius 1 is 0.654 bits per heavy atom. The lowest BCUT2D eigenvalue weighted by Gasteiger charge is -2.23. The summed E-state index contributed by atoms with van der Waals surface area (Å²) in [6.45, 7) is 0.287. The summed E-state index contributed by atoms with van der Waals surface area (Å²) in [5, 5.41) is 31.1. The van der Waals surface area contributed by atoms with Crippen LogP contribution < -0.4 is 0 Å². The summed E-state index contributed by atoms with van der Waals surface area (Å²) in [7, 11) is 4.60. The van der Waals surface area contributed by atoms with Gasteiger partial charge in [0.1, 0.15) is 0 Å². The predicted molar refractivity (Wildman–Crippen MR) is 97.2 cm³/mol. The fourth-order valence-electron chi connectivity index (χ4n) is 1.70. The third kappa shape index (κ3) is 15.6. The van der Waals surface area contributed by atoms with Gasteiger partial charge in [0.2, 0.25) is 0 Å². The summed E-state index contributed by atoms with van der Waals surface area (Å²) in [6, 6.07) is 1.32. The molecule has 0 aliphatic rings. The average molecular weight is 423 g/mol. The summed E-state index contributed by atoms with van der Waals surface area (Å²) in [4.78, 5) is 8.56. The molecule has 0 atom stereocenters. The van der Waals surface area contributed by atoms with Crippen molar-refractivity contribution in [3.05, 3.63) is 0 Å². The highest BCUT2D eigenvalue weighted by Crippen LogP contribution is 2.14. The number of carbonyl (C=O) groups is 1. The van der Waals surface area contributed by atoms with Crippen LogP contribution in [0.3, 0.4) is 0 Å². The fourth-order valence-corrected chi connectivity index (χ4v) is 5.11. The SMILES string of the molecule is CO[Si](CCCO)(OC)OC.CO[Si](CCCO)(OC)OC.O=C(O)O. The van der Waals surface area contributed by atoms with E-state index >= 15 is 0 Å². The number of aliphatic hydroxyl groups is 2. The van der Waals surface area contributed by atoms with E-state index in [1.165, 1.54) is 0 Å². The molecule has 0 aliphatic heterocycles. The van der Waals surface area contributed by atoms with Gasteiger partial charge in [-0.3, -0.25) is 0 Å². The molecule has 0 fully saturated rings. The molecule has 0 aromatic carbocycles. The standard InChI is InChI=1S/2C6H16O4Si.CH2O3/c2*1-8-11(9-2,10-3)6-4-5-7;2-1(3)4/h2*7H,4-6H2,1-3H3;(H2,2,3,4). The Labute approximate surface area is 157 Å². The van der Waals surface area contributed by atoms with E-state index < -0.39 is 23.8 Å². The van der Waals surface area contributed by atoms with Crippen LogP contribution in [-0.2, 0) is 26.6 Å². The highest BCUT2D eigenvalue weighted by Gasteiger charge is 2.37. The minimum Gasteiger partial charge on any atom is -0.450 e. The van der Waals surface area contributed by atoms with Gasteiger partial charge in [-0.15, -0.1) is 0 Å². The first-order chi connectivity index (χ1) is 12.2. The molecule has 0 aromatic heterocycles. The largest absolute Gasteiger partial charge is 0.503 e.